The fraction of sp³-hybridized carbons (Fsp3) is 0.167. The Morgan fingerprint density at radius 1 is 1.06 bits per heavy atom. The van der Waals surface area contributed by atoms with E-state index in [1.54, 1.807) is 23.8 Å². The lowest BCUT2D eigenvalue weighted by Crippen LogP contribution is -2.28. The Kier molecular flexibility index (Phi) is 6.72. The van der Waals surface area contributed by atoms with Gasteiger partial charge < -0.3 is 15.4 Å². The second-order valence-corrected chi connectivity index (χ2v) is 9.30. The van der Waals surface area contributed by atoms with Crippen molar-refractivity contribution in [1.82, 2.24) is 0 Å². The summed E-state index contributed by atoms with van der Waals surface area (Å²) in [6.07, 6.45) is 0. The predicted octanol–water partition coefficient (Wildman–Crippen LogP) is 6.19. The summed E-state index contributed by atoms with van der Waals surface area (Å²) in [5.74, 6) is 1.05. The number of ether oxygens (including phenoxy) is 1. The van der Waals surface area contributed by atoms with Crippen LogP contribution in [0.3, 0.4) is 0 Å². The summed E-state index contributed by atoms with van der Waals surface area (Å²) < 4.78 is 6.45. The third kappa shape index (κ3) is 4.92. The van der Waals surface area contributed by atoms with Gasteiger partial charge in [0.2, 0.25) is 5.91 Å². The van der Waals surface area contributed by atoms with Gasteiger partial charge in [-0.15, -0.1) is 11.8 Å². The van der Waals surface area contributed by atoms with E-state index in [1.165, 1.54) is 0 Å². The highest BCUT2D eigenvalue weighted by atomic mass is 79.9. The van der Waals surface area contributed by atoms with Crippen LogP contribution in [0.25, 0.3) is 0 Å². The molecule has 4 rings (SSSR count). The van der Waals surface area contributed by atoms with Crippen molar-refractivity contribution in [3.8, 4) is 5.75 Å². The molecule has 0 aliphatic carbocycles. The largest absolute Gasteiger partial charge is 0.495 e. The van der Waals surface area contributed by atoms with Gasteiger partial charge in [0.15, 0.2) is 0 Å². The molecule has 0 aromatic heterocycles. The van der Waals surface area contributed by atoms with Crippen LogP contribution in [-0.2, 0) is 4.79 Å². The van der Waals surface area contributed by atoms with Crippen LogP contribution in [0, 0.1) is 6.92 Å². The highest BCUT2D eigenvalue weighted by molar-refractivity contribution is 9.10. The first-order valence-electron chi connectivity index (χ1n) is 9.96. The number of rotatable bonds is 5. The van der Waals surface area contributed by atoms with Gasteiger partial charge in [-0.05, 0) is 66.6 Å². The molecule has 1 atom stereocenters. The molecule has 3 aromatic rings. The first-order chi connectivity index (χ1) is 15.4. The Labute approximate surface area is 199 Å². The van der Waals surface area contributed by atoms with Crippen molar-refractivity contribution in [3.63, 3.8) is 0 Å². The number of benzene rings is 3. The molecular weight excluding hydrogens is 490 g/mol. The number of nitrogens with zero attached hydrogens (tertiary/aromatic N) is 1. The van der Waals surface area contributed by atoms with Crippen molar-refractivity contribution in [2.75, 3.05) is 28.4 Å². The van der Waals surface area contributed by atoms with Crippen molar-refractivity contribution >= 4 is 56.7 Å². The lowest BCUT2D eigenvalue weighted by Gasteiger charge is -2.26. The normalized spacial score (nSPS) is 15.5. The number of nitrogens with one attached hydrogen (secondary N) is 2. The summed E-state index contributed by atoms with van der Waals surface area (Å²) in [5.41, 5.74) is 4.05. The van der Waals surface area contributed by atoms with E-state index in [-0.39, 0.29) is 17.3 Å². The van der Waals surface area contributed by atoms with E-state index >= 15 is 0 Å². The van der Waals surface area contributed by atoms with E-state index in [4.69, 9.17) is 4.74 Å². The van der Waals surface area contributed by atoms with E-state index in [0.29, 0.717) is 22.9 Å². The van der Waals surface area contributed by atoms with Crippen molar-refractivity contribution in [2.45, 2.75) is 12.3 Å². The summed E-state index contributed by atoms with van der Waals surface area (Å²) in [6.45, 7) is 1.99. The molecule has 1 unspecified atom stereocenters. The van der Waals surface area contributed by atoms with Crippen LogP contribution in [0.1, 0.15) is 16.5 Å². The minimum absolute atomic E-state index is 0.0234. The molecule has 0 radical (unpaired) electrons. The first-order valence-corrected chi connectivity index (χ1v) is 11.8. The van der Waals surface area contributed by atoms with Crippen LogP contribution < -0.4 is 20.3 Å². The van der Waals surface area contributed by atoms with E-state index in [9.17, 15) is 9.59 Å². The van der Waals surface area contributed by atoms with E-state index in [0.717, 1.165) is 21.3 Å². The van der Waals surface area contributed by atoms with Gasteiger partial charge in [0.1, 0.15) is 11.1 Å². The fourth-order valence-electron chi connectivity index (χ4n) is 3.52. The Bertz CT molecular complexity index is 1150. The molecule has 1 saturated heterocycles. The van der Waals surface area contributed by atoms with Crippen LogP contribution >= 0.6 is 27.7 Å². The molecule has 1 aliphatic rings. The van der Waals surface area contributed by atoms with Crippen LogP contribution in [0.5, 0.6) is 5.75 Å². The van der Waals surface area contributed by atoms with Gasteiger partial charge in [0.25, 0.3) is 0 Å². The number of thioether (sulfide) groups is 1. The number of carbonyl (C=O) groups is 2. The van der Waals surface area contributed by atoms with Crippen molar-refractivity contribution in [1.29, 1.82) is 0 Å². The zero-order valence-corrected chi connectivity index (χ0v) is 20.0. The standard InChI is InChI=1S/C24H22BrN3O3S/c1-15-6-11-21(31-2)20(12-15)28-22(29)14-32-23(28)16-4-3-5-19(13-16)27-24(30)26-18-9-7-17(25)8-10-18/h3-13,23H,14H2,1-2H3,(H2,26,27,30). The number of methoxy groups -OCH3 is 1. The molecular formula is C24H22BrN3O3S. The Morgan fingerprint density at radius 3 is 2.56 bits per heavy atom. The van der Waals surface area contributed by atoms with Gasteiger partial charge in [-0.2, -0.15) is 0 Å². The van der Waals surface area contributed by atoms with Gasteiger partial charge in [-0.1, -0.05) is 34.1 Å². The molecule has 3 aromatic carbocycles. The number of hydrogen-bond donors (Lipinski definition) is 2. The molecule has 1 heterocycles. The smallest absolute Gasteiger partial charge is 0.323 e. The number of aryl methyl sites for hydroxylation is 1. The summed E-state index contributed by atoms with van der Waals surface area (Å²) >= 11 is 4.93. The van der Waals surface area contributed by atoms with Crippen molar-refractivity contribution in [2.24, 2.45) is 0 Å². The number of halogens is 1. The molecule has 8 heteroatoms. The molecule has 6 nitrogen and oxygen atoms in total. The second kappa shape index (κ2) is 9.67. The summed E-state index contributed by atoms with van der Waals surface area (Å²) in [7, 11) is 1.60. The molecule has 1 fully saturated rings. The third-order valence-corrected chi connectivity index (χ3v) is 6.73. The van der Waals surface area contributed by atoms with Gasteiger partial charge in [0, 0.05) is 15.8 Å². The molecule has 0 spiro atoms. The lowest BCUT2D eigenvalue weighted by molar-refractivity contribution is -0.115. The maximum Gasteiger partial charge on any atom is 0.323 e. The fourth-order valence-corrected chi connectivity index (χ4v) is 4.94. The minimum atomic E-state index is -0.336. The molecule has 0 saturated carbocycles. The molecule has 3 amide bonds. The van der Waals surface area contributed by atoms with Gasteiger partial charge in [0.05, 0.1) is 18.6 Å². The van der Waals surface area contributed by atoms with Crippen LogP contribution in [0.2, 0.25) is 0 Å². The predicted molar refractivity (Wildman–Crippen MR) is 134 cm³/mol. The SMILES string of the molecule is COc1ccc(C)cc1N1C(=O)CSC1c1cccc(NC(=O)Nc2ccc(Br)cc2)c1. The summed E-state index contributed by atoms with van der Waals surface area (Å²) in [5, 5.41) is 5.47. The average Bonchev–Trinajstić information content (AvgIpc) is 3.16. The average molecular weight is 512 g/mol. The second-order valence-electron chi connectivity index (χ2n) is 7.31. The summed E-state index contributed by atoms with van der Waals surface area (Å²) in [6, 6.07) is 20.4. The molecule has 32 heavy (non-hydrogen) atoms. The molecule has 164 valence electrons. The maximum atomic E-state index is 12.8. The zero-order valence-electron chi connectivity index (χ0n) is 17.6. The molecule has 2 N–H and O–H groups in total. The Morgan fingerprint density at radius 2 is 1.81 bits per heavy atom. The Balaban J connectivity index is 1.55. The number of carbonyl (C=O) groups excluding carboxylic acids is 2. The van der Waals surface area contributed by atoms with E-state index < -0.39 is 0 Å². The third-order valence-electron chi connectivity index (χ3n) is 4.99. The Hall–Kier alpha value is -2.97. The van der Waals surface area contributed by atoms with E-state index in [1.807, 2.05) is 73.7 Å². The highest BCUT2D eigenvalue weighted by Gasteiger charge is 2.35. The quantitative estimate of drug-likeness (QED) is 0.428. The topological polar surface area (TPSA) is 70.7 Å². The lowest BCUT2D eigenvalue weighted by atomic mass is 10.1. The van der Waals surface area contributed by atoms with Crippen molar-refractivity contribution in [3.05, 3.63) is 82.3 Å². The van der Waals surface area contributed by atoms with E-state index in [2.05, 4.69) is 26.6 Å². The van der Waals surface area contributed by atoms with Crippen molar-refractivity contribution < 1.29 is 14.3 Å². The van der Waals surface area contributed by atoms with Crippen LogP contribution in [-0.4, -0.2) is 24.8 Å². The molecule has 0 bridgehead atoms. The number of hydrogen-bond acceptors (Lipinski definition) is 4. The minimum Gasteiger partial charge on any atom is -0.495 e. The van der Waals surface area contributed by atoms with Crippen LogP contribution in [0.4, 0.5) is 21.9 Å². The van der Waals surface area contributed by atoms with Gasteiger partial charge in [-0.3, -0.25) is 9.69 Å². The van der Waals surface area contributed by atoms with Crippen LogP contribution in [0.15, 0.2) is 71.2 Å². The number of urea groups is 1. The zero-order chi connectivity index (χ0) is 22.7. The van der Waals surface area contributed by atoms with Gasteiger partial charge in [-0.25, -0.2) is 4.79 Å². The first kappa shape index (κ1) is 22.2. The van der Waals surface area contributed by atoms with Gasteiger partial charge >= 0.3 is 6.03 Å². The number of amides is 3. The highest BCUT2D eigenvalue weighted by Crippen LogP contribution is 2.45. The monoisotopic (exact) mass is 511 g/mol. The summed E-state index contributed by atoms with van der Waals surface area (Å²) in [4.78, 5) is 27.0. The maximum absolute atomic E-state index is 12.8. The number of anilines is 3. The molecule has 1 aliphatic heterocycles.